The number of sulfone groups is 1. The first kappa shape index (κ1) is 17.0. The first-order valence-electron chi connectivity index (χ1n) is 7.11. The second kappa shape index (κ2) is 6.79. The van der Waals surface area contributed by atoms with Crippen LogP contribution in [-0.2, 0) is 9.84 Å². The van der Waals surface area contributed by atoms with Gasteiger partial charge in [-0.3, -0.25) is 4.79 Å². The average molecular weight is 394 g/mol. The van der Waals surface area contributed by atoms with Gasteiger partial charge in [0.15, 0.2) is 9.84 Å². The molecule has 4 nitrogen and oxygen atoms in total. The van der Waals surface area contributed by atoms with Gasteiger partial charge in [0, 0.05) is 12.6 Å². The largest absolute Gasteiger partial charge is 0.334 e. The number of hydrogen-bond acceptors (Lipinski definition) is 4. The zero-order valence-corrected chi connectivity index (χ0v) is 15.5. The first-order valence-corrected chi connectivity index (χ1v) is 10.5. The average Bonchev–Trinajstić information content (AvgIpc) is 2.93. The zero-order chi connectivity index (χ0) is 15.6. The van der Waals surface area contributed by atoms with Gasteiger partial charge in [-0.1, -0.05) is 13.3 Å². The van der Waals surface area contributed by atoms with Crippen molar-refractivity contribution in [1.29, 1.82) is 0 Å². The maximum absolute atomic E-state index is 12.7. The van der Waals surface area contributed by atoms with Crippen molar-refractivity contribution in [3.63, 3.8) is 0 Å². The van der Waals surface area contributed by atoms with Crippen LogP contribution in [0.1, 0.15) is 41.4 Å². The van der Waals surface area contributed by atoms with Crippen LogP contribution in [0.15, 0.2) is 9.85 Å². The summed E-state index contributed by atoms with van der Waals surface area (Å²) in [5.41, 5.74) is 1.04. The number of rotatable bonds is 5. The highest BCUT2D eigenvalue weighted by Crippen LogP contribution is 2.30. The summed E-state index contributed by atoms with van der Waals surface area (Å²) in [6, 6.07) is 1.70. The summed E-state index contributed by atoms with van der Waals surface area (Å²) in [6.45, 7) is 4.65. The van der Waals surface area contributed by atoms with Gasteiger partial charge in [-0.05, 0) is 47.3 Å². The van der Waals surface area contributed by atoms with Crippen molar-refractivity contribution in [3.05, 3.63) is 20.3 Å². The smallest absolute Gasteiger partial charge is 0.264 e. The van der Waals surface area contributed by atoms with E-state index in [1.807, 2.05) is 13.0 Å². The maximum Gasteiger partial charge on any atom is 0.264 e. The van der Waals surface area contributed by atoms with Gasteiger partial charge >= 0.3 is 0 Å². The molecule has 21 heavy (non-hydrogen) atoms. The summed E-state index contributed by atoms with van der Waals surface area (Å²) in [7, 11) is -2.98. The van der Waals surface area contributed by atoms with E-state index in [1.165, 1.54) is 11.3 Å². The van der Waals surface area contributed by atoms with E-state index < -0.39 is 9.84 Å². The Hall–Kier alpha value is -0.400. The lowest BCUT2D eigenvalue weighted by atomic mass is 10.2. The number of hydrogen-bond donors (Lipinski definition) is 0. The predicted octanol–water partition coefficient (Wildman–Crippen LogP) is 3.25. The van der Waals surface area contributed by atoms with Gasteiger partial charge in [0.25, 0.3) is 5.91 Å². The van der Waals surface area contributed by atoms with E-state index in [9.17, 15) is 13.2 Å². The van der Waals surface area contributed by atoms with E-state index in [-0.39, 0.29) is 23.5 Å². The Balaban J connectivity index is 2.21. The molecule has 1 saturated heterocycles. The monoisotopic (exact) mass is 393 g/mol. The molecule has 1 aliphatic rings. The summed E-state index contributed by atoms with van der Waals surface area (Å²) in [5.74, 6) is 0.263. The number of nitrogens with zero attached hydrogens (tertiary/aromatic N) is 1. The molecule has 0 N–H and O–H groups in total. The topological polar surface area (TPSA) is 54.5 Å². The summed E-state index contributed by atoms with van der Waals surface area (Å²) in [4.78, 5) is 15.2. The van der Waals surface area contributed by atoms with Crippen LogP contribution in [0.25, 0.3) is 0 Å². The molecule has 1 fully saturated rings. The fourth-order valence-corrected chi connectivity index (χ4v) is 5.73. The molecule has 1 aromatic heterocycles. The van der Waals surface area contributed by atoms with Crippen molar-refractivity contribution in [2.75, 3.05) is 18.1 Å². The lowest BCUT2D eigenvalue weighted by molar-refractivity contribution is 0.0699. The number of carbonyl (C=O) groups is 1. The molecular weight excluding hydrogens is 374 g/mol. The van der Waals surface area contributed by atoms with Gasteiger partial charge in [0.05, 0.1) is 20.2 Å². The molecule has 0 saturated carbocycles. The number of thiophene rings is 1. The van der Waals surface area contributed by atoms with E-state index in [4.69, 9.17) is 0 Å². The molecule has 0 radical (unpaired) electrons. The van der Waals surface area contributed by atoms with Gasteiger partial charge in [0.2, 0.25) is 0 Å². The molecule has 7 heteroatoms. The molecule has 1 unspecified atom stereocenters. The van der Waals surface area contributed by atoms with Crippen molar-refractivity contribution in [3.8, 4) is 0 Å². The minimum Gasteiger partial charge on any atom is -0.334 e. The molecule has 1 amide bonds. The van der Waals surface area contributed by atoms with E-state index >= 15 is 0 Å². The molecule has 2 heterocycles. The Bertz CT molecular complexity index is 605. The zero-order valence-electron chi connectivity index (χ0n) is 12.3. The lowest BCUT2D eigenvalue weighted by Crippen LogP contribution is -2.41. The van der Waals surface area contributed by atoms with Crippen LogP contribution in [0.3, 0.4) is 0 Å². The van der Waals surface area contributed by atoms with Crippen LogP contribution >= 0.6 is 27.3 Å². The molecule has 0 aromatic carbocycles. The van der Waals surface area contributed by atoms with Crippen LogP contribution in [0.4, 0.5) is 0 Å². The molecule has 0 bridgehead atoms. The summed E-state index contributed by atoms with van der Waals surface area (Å²) in [5, 5.41) is 0. The summed E-state index contributed by atoms with van der Waals surface area (Å²) in [6.07, 6.45) is 2.44. The molecule has 0 spiro atoms. The van der Waals surface area contributed by atoms with Crippen LogP contribution in [0.2, 0.25) is 0 Å². The number of halogens is 1. The number of unbranched alkanes of at least 4 members (excludes halogenated alkanes) is 1. The standard InChI is InChI=1S/C14H20BrNO3S2/c1-3-4-6-16(11-5-7-21(18,19)9-11)14(17)12-8-10(2)13(15)20-12/h8,11H,3-7,9H2,1-2H3. The van der Waals surface area contributed by atoms with Crippen molar-refractivity contribution in [2.45, 2.75) is 39.2 Å². The Morgan fingerprint density at radius 3 is 2.71 bits per heavy atom. The van der Waals surface area contributed by atoms with Crippen LogP contribution in [-0.4, -0.2) is 43.3 Å². The van der Waals surface area contributed by atoms with Gasteiger partial charge in [-0.2, -0.15) is 0 Å². The van der Waals surface area contributed by atoms with Crippen molar-refractivity contribution < 1.29 is 13.2 Å². The van der Waals surface area contributed by atoms with E-state index in [0.717, 1.165) is 22.2 Å². The fraction of sp³-hybridized carbons (Fsp3) is 0.643. The Morgan fingerprint density at radius 2 is 2.24 bits per heavy atom. The van der Waals surface area contributed by atoms with Gasteiger partial charge in [0.1, 0.15) is 0 Å². The van der Waals surface area contributed by atoms with Gasteiger partial charge < -0.3 is 4.90 Å². The second-order valence-electron chi connectivity index (χ2n) is 5.48. The molecule has 1 aliphatic heterocycles. The molecule has 118 valence electrons. The normalized spacial score (nSPS) is 20.6. The molecule has 2 rings (SSSR count). The van der Waals surface area contributed by atoms with E-state index in [1.54, 1.807) is 4.90 Å². The van der Waals surface area contributed by atoms with Crippen LogP contribution in [0, 0.1) is 6.92 Å². The van der Waals surface area contributed by atoms with Gasteiger partial charge in [-0.25, -0.2) is 8.42 Å². The van der Waals surface area contributed by atoms with E-state index in [0.29, 0.717) is 17.8 Å². The maximum atomic E-state index is 12.7. The fourth-order valence-electron chi connectivity index (χ4n) is 2.51. The Labute approximate surface area is 138 Å². The third-order valence-electron chi connectivity index (χ3n) is 3.73. The van der Waals surface area contributed by atoms with Gasteiger partial charge in [-0.15, -0.1) is 11.3 Å². The third-order valence-corrected chi connectivity index (χ3v) is 7.61. The summed E-state index contributed by atoms with van der Waals surface area (Å²) < 4.78 is 24.3. The Kier molecular flexibility index (Phi) is 5.48. The molecular formula is C14H20BrNO3S2. The predicted molar refractivity (Wildman–Crippen MR) is 89.8 cm³/mol. The lowest BCUT2D eigenvalue weighted by Gasteiger charge is -2.27. The highest BCUT2D eigenvalue weighted by atomic mass is 79.9. The third kappa shape index (κ3) is 4.07. The quantitative estimate of drug-likeness (QED) is 0.771. The van der Waals surface area contributed by atoms with E-state index in [2.05, 4.69) is 22.9 Å². The van der Waals surface area contributed by atoms with Crippen molar-refractivity contribution in [1.82, 2.24) is 4.90 Å². The van der Waals surface area contributed by atoms with Crippen molar-refractivity contribution in [2.24, 2.45) is 0 Å². The van der Waals surface area contributed by atoms with Crippen molar-refractivity contribution >= 4 is 43.0 Å². The number of aryl methyl sites for hydroxylation is 1. The number of amides is 1. The molecule has 0 aliphatic carbocycles. The minimum absolute atomic E-state index is 0.0376. The minimum atomic E-state index is -2.98. The number of carbonyl (C=O) groups excluding carboxylic acids is 1. The van der Waals surface area contributed by atoms with Crippen LogP contribution < -0.4 is 0 Å². The van der Waals surface area contributed by atoms with Crippen LogP contribution in [0.5, 0.6) is 0 Å². The Morgan fingerprint density at radius 1 is 1.52 bits per heavy atom. The summed E-state index contributed by atoms with van der Waals surface area (Å²) >= 11 is 4.86. The molecule has 1 aromatic rings. The molecule has 1 atom stereocenters. The SMILES string of the molecule is CCCCN(C(=O)c1cc(C)c(Br)s1)C1CCS(=O)(=O)C1. The second-order valence-corrected chi connectivity index (χ2v) is 10.1. The first-order chi connectivity index (χ1) is 9.84. The highest BCUT2D eigenvalue weighted by Gasteiger charge is 2.35. The highest BCUT2D eigenvalue weighted by molar-refractivity contribution is 9.11.